The molecule has 1 heterocycles. The Bertz CT molecular complexity index is 954. The van der Waals surface area contributed by atoms with Crippen LogP contribution in [0.1, 0.15) is 57.2 Å². The topological polar surface area (TPSA) is 50.9 Å². The van der Waals surface area contributed by atoms with E-state index in [4.69, 9.17) is 11.6 Å². The summed E-state index contributed by atoms with van der Waals surface area (Å²) in [4.78, 5) is 1.52. The largest absolute Gasteiger partial charge is 0.505 e. The smallest absolute Gasteiger partial charge is 0.147 e. The molecule has 0 aliphatic carbocycles. The Balaban J connectivity index is 2.22. The third-order valence-electron chi connectivity index (χ3n) is 4.70. The summed E-state index contributed by atoms with van der Waals surface area (Å²) >= 11 is 6.06. The number of phenolic OH excluding ortho intramolecular Hbond substituents is 1. The van der Waals surface area contributed by atoms with Gasteiger partial charge in [-0.3, -0.25) is 0 Å². The lowest BCUT2D eigenvalue weighted by molar-refractivity contribution is 0.437. The number of aromatic hydroxyl groups is 1. The fourth-order valence-corrected chi connectivity index (χ4v) is 3.63. The number of aryl methyl sites for hydroxylation is 1. The molecule has 0 bridgehead atoms. The number of nitrogens with zero attached hydrogens (tertiary/aromatic N) is 3. The zero-order valence-electron chi connectivity index (χ0n) is 16.1. The second kappa shape index (κ2) is 6.92. The van der Waals surface area contributed by atoms with E-state index in [1.807, 2.05) is 12.1 Å². The predicted octanol–water partition coefficient (Wildman–Crippen LogP) is 5.73. The zero-order chi connectivity index (χ0) is 19.1. The van der Waals surface area contributed by atoms with Gasteiger partial charge in [0.1, 0.15) is 22.5 Å². The number of aromatic nitrogens is 3. The Morgan fingerprint density at radius 2 is 1.81 bits per heavy atom. The highest BCUT2D eigenvalue weighted by Gasteiger charge is 2.26. The van der Waals surface area contributed by atoms with Gasteiger partial charge in [-0.1, -0.05) is 45.7 Å². The summed E-state index contributed by atoms with van der Waals surface area (Å²) in [5.74, 6) is 0.264. The quantitative estimate of drug-likeness (QED) is 0.637. The highest BCUT2D eigenvalue weighted by molar-refractivity contribution is 6.31. The van der Waals surface area contributed by atoms with Gasteiger partial charge in [0.2, 0.25) is 0 Å². The number of rotatable bonds is 4. The lowest BCUT2D eigenvalue weighted by Crippen LogP contribution is -2.17. The van der Waals surface area contributed by atoms with E-state index in [0.29, 0.717) is 16.2 Å². The van der Waals surface area contributed by atoms with Crippen LogP contribution in [0.5, 0.6) is 5.75 Å². The van der Waals surface area contributed by atoms with E-state index in [1.165, 1.54) is 10.4 Å². The highest BCUT2D eigenvalue weighted by atomic mass is 35.5. The standard InChI is InChI=1S/C21H26ClN3O/c1-6-7-8-15-13(2)11-18(20(26)19(15)21(3,4)5)25-23-16-10-9-14(22)12-17(16)24-25/h9-12,26H,6-8H2,1-5H3. The van der Waals surface area contributed by atoms with Crippen molar-refractivity contribution in [2.24, 2.45) is 0 Å². The molecule has 5 heteroatoms. The van der Waals surface area contributed by atoms with Crippen LogP contribution in [0, 0.1) is 6.92 Å². The molecule has 2 aromatic carbocycles. The van der Waals surface area contributed by atoms with Crippen LogP contribution in [0.4, 0.5) is 0 Å². The SMILES string of the molecule is CCCCc1c(C)cc(-n2nc3ccc(Cl)cc3n2)c(O)c1C(C)(C)C. The monoisotopic (exact) mass is 371 g/mol. The van der Waals surface area contributed by atoms with Crippen molar-refractivity contribution in [3.05, 3.63) is 46.0 Å². The number of fused-ring (bicyclic) bond motifs is 1. The van der Waals surface area contributed by atoms with Crippen molar-refractivity contribution < 1.29 is 5.11 Å². The van der Waals surface area contributed by atoms with Crippen molar-refractivity contribution in [2.45, 2.75) is 59.3 Å². The van der Waals surface area contributed by atoms with E-state index in [9.17, 15) is 5.11 Å². The molecule has 1 aromatic heterocycles. The molecule has 3 aromatic rings. The van der Waals surface area contributed by atoms with Crippen molar-refractivity contribution in [3.63, 3.8) is 0 Å². The third-order valence-corrected chi connectivity index (χ3v) is 4.93. The summed E-state index contributed by atoms with van der Waals surface area (Å²) in [5, 5.41) is 20.8. The molecular formula is C21H26ClN3O. The van der Waals surface area contributed by atoms with Crippen LogP contribution in [0.15, 0.2) is 24.3 Å². The van der Waals surface area contributed by atoms with Crippen LogP contribution in [0.25, 0.3) is 16.7 Å². The molecule has 0 fully saturated rings. The minimum absolute atomic E-state index is 0.177. The molecule has 4 nitrogen and oxygen atoms in total. The normalized spacial score (nSPS) is 12.1. The second-order valence-corrected chi connectivity index (χ2v) is 8.33. The molecule has 1 N–H and O–H groups in total. The van der Waals surface area contributed by atoms with Crippen LogP contribution in [-0.4, -0.2) is 20.1 Å². The van der Waals surface area contributed by atoms with Crippen LogP contribution >= 0.6 is 11.6 Å². The molecule has 0 spiro atoms. The molecule has 0 radical (unpaired) electrons. The lowest BCUT2D eigenvalue weighted by Gasteiger charge is -2.27. The van der Waals surface area contributed by atoms with Crippen molar-refractivity contribution in [2.75, 3.05) is 0 Å². The Hall–Kier alpha value is -2.07. The molecule has 0 aliphatic heterocycles. The fourth-order valence-electron chi connectivity index (χ4n) is 3.46. The molecular weight excluding hydrogens is 346 g/mol. The van der Waals surface area contributed by atoms with Gasteiger partial charge < -0.3 is 5.11 Å². The van der Waals surface area contributed by atoms with Crippen molar-refractivity contribution in [3.8, 4) is 11.4 Å². The van der Waals surface area contributed by atoms with Gasteiger partial charge in [-0.25, -0.2) is 0 Å². The summed E-state index contributed by atoms with van der Waals surface area (Å²) in [6, 6.07) is 7.40. The zero-order valence-corrected chi connectivity index (χ0v) is 16.9. The average molecular weight is 372 g/mol. The minimum atomic E-state index is -0.177. The molecule has 0 aliphatic rings. The first-order chi connectivity index (χ1) is 12.2. The van der Waals surface area contributed by atoms with Crippen molar-refractivity contribution in [1.29, 1.82) is 0 Å². The van der Waals surface area contributed by atoms with Gasteiger partial charge in [0.25, 0.3) is 0 Å². The number of benzene rings is 2. The second-order valence-electron chi connectivity index (χ2n) is 7.89. The van der Waals surface area contributed by atoms with Gasteiger partial charge >= 0.3 is 0 Å². The Morgan fingerprint density at radius 3 is 2.46 bits per heavy atom. The first-order valence-electron chi connectivity index (χ1n) is 9.11. The predicted molar refractivity (Wildman–Crippen MR) is 108 cm³/mol. The van der Waals surface area contributed by atoms with Gasteiger partial charge in [-0.15, -0.1) is 15.0 Å². The number of hydrogen-bond donors (Lipinski definition) is 1. The van der Waals surface area contributed by atoms with E-state index < -0.39 is 0 Å². The lowest BCUT2D eigenvalue weighted by atomic mass is 9.79. The molecule has 0 saturated carbocycles. The van der Waals surface area contributed by atoms with Crippen LogP contribution in [0.2, 0.25) is 5.02 Å². The molecule has 0 atom stereocenters. The highest BCUT2D eigenvalue weighted by Crippen LogP contribution is 2.40. The maximum atomic E-state index is 11.1. The van der Waals surface area contributed by atoms with Gasteiger partial charge in [0.05, 0.1) is 0 Å². The van der Waals surface area contributed by atoms with Gasteiger partial charge in [0, 0.05) is 10.6 Å². The van der Waals surface area contributed by atoms with Gasteiger partial charge in [-0.05, 0) is 60.6 Å². The van der Waals surface area contributed by atoms with E-state index in [2.05, 4.69) is 44.8 Å². The summed E-state index contributed by atoms with van der Waals surface area (Å²) in [7, 11) is 0. The molecule has 3 rings (SSSR count). The molecule has 26 heavy (non-hydrogen) atoms. The Labute approximate surface area is 159 Å². The van der Waals surface area contributed by atoms with E-state index in [1.54, 1.807) is 12.1 Å². The maximum absolute atomic E-state index is 11.1. The molecule has 0 unspecified atom stereocenters. The summed E-state index contributed by atoms with van der Waals surface area (Å²) in [6.45, 7) is 10.7. The van der Waals surface area contributed by atoms with Crippen LogP contribution in [0.3, 0.4) is 0 Å². The summed E-state index contributed by atoms with van der Waals surface area (Å²) < 4.78 is 0. The minimum Gasteiger partial charge on any atom is -0.505 e. The average Bonchev–Trinajstić information content (AvgIpc) is 2.96. The number of halogens is 1. The molecule has 0 saturated heterocycles. The van der Waals surface area contributed by atoms with E-state index in [0.717, 1.165) is 35.9 Å². The molecule has 138 valence electrons. The maximum Gasteiger partial charge on any atom is 0.147 e. The van der Waals surface area contributed by atoms with Crippen LogP contribution in [-0.2, 0) is 11.8 Å². The first-order valence-corrected chi connectivity index (χ1v) is 9.49. The fraction of sp³-hybridized carbons (Fsp3) is 0.429. The van der Waals surface area contributed by atoms with Crippen LogP contribution < -0.4 is 0 Å². The van der Waals surface area contributed by atoms with Crippen molar-refractivity contribution >= 4 is 22.6 Å². The number of unbranched alkanes of at least 4 members (excludes halogenated alkanes) is 1. The van der Waals surface area contributed by atoms with Gasteiger partial charge in [0.15, 0.2) is 0 Å². The van der Waals surface area contributed by atoms with Crippen molar-refractivity contribution in [1.82, 2.24) is 15.0 Å². The summed E-state index contributed by atoms with van der Waals surface area (Å²) in [6.07, 6.45) is 3.19. The summed E-state index contributed by atoms with van der Waals surface area (Å²) in [5.41, 5.74) is 5.28. The van der Waals surface area contributed by atoms with E-state index >= 15 is 0 Å². The Kier molecular flexibility index (Phi) is 4.98. The number of hydrogen-bond acceptors (Lipinski definition) is 3. The third kappa shape index (κ3) is 3.43. The Morgan fingerprint density at radius 1 is 1.12 bits per heavy atom. The molecule has 0 amide bonds. The first kappa shape index (κ1) is 18.7. The van der Waals surface area contributed by atoms with E-state index in [-0.39, 0.29) is 11.2 Å². The van der Waals surface area contributed by atoms with Gasteiger partial charge in [-0.2, -0.15) is 0 Å². The number of phenols is 1.